The molecule has 0 bridgehead atoms. The number of carbonyl (C=O) groups is 2. The van der Waals surface area contributed by atoms with Crippen molar-refractivity contribution in [2.24, 2.45) is 0 Å². The molecule has 0 aliphatic carbocycles. The van der Waals surface area contributed by atoms with E-state index in [1.54, 1.807) is 0 Å². The number of likely N-dealkylation sites (tertiary alicyclic amines) is 1. The Morgan fingerprint density at radius 3 is 2.36 bits per heavy atom. The summed E-state index contributed by atoms with van der Waals surface area (Å²) in [6.45, 7) is 9.97. The van der Waals surface area contributed by atoms with Crippen LogP contribution in [0.2, 0.25) is 0 Å². The zero-order valence-electron chi connectivity index (χ0n) is 19.7. The van der Waals surface area contributed by atoms with Crippen molar-refractivity contribution in [3.05, 3.63) is 29.8 Å². The van der Waals surface area contributed by atoms with Gasteiger partial charge in [0.25, 0.3) is 0 Å². The number of aromatic nitrogens is 3. The highest BCUT2D eigenvalue weighted by molar-refractivity contribution is 7.99. The number of piperazine rings is 1. The molecule has 0 atom stereocenters. The molecule has 0 unspecified atom stereocenters. The summed E-state index contributed by atoms with van der Waals surface area (Å²) >= 11 is 1.45. The maximum atomic E-state index is 12.8. The normalized spacial score (nSPS) is 17.4. The summed E-state index contributed by atoms with van der Waals surface area (Å²) in [4.78, 5) is 31.4. The Kier molecular flexibility index (Phi) is 8.03. The summed E-state index contributed by atoms with van der Waals surface area (Å²) in [5.74, 6) is 1.53. The van der Waals surface area contributed by atoms with E-state index in [2.05, 4.69) is 45.6 Å². The van der Waals surface area contributed by atoms with Crippen LogP contribution in [0.25, 0.3) is 11.4 Å². The highest BCUT2D eigenvalue weighted by Gasteiger charge is 2.25. The van der Waals surface area contributed by atoms with Crippen molar-refractivity contribution in [1.29, 1.82) is 0 Å². The number of rotatable bonds is 7. The Balaban J connectivity index is 1.26. The van der Waals surface area contributed by atoms with E-state index in [0.29, 0.717) is 25.4 Å². The van der Waals surface area contributed by atoms with E-state index in [4.69, 9.17) is 0 Å². The Morgan fingerprint density at radius 2 is 1.67 bits per heavy atom. The van der Waals surface area contributed by atoms with Crippen LogP contribution in [0.1, 0.15) is 31.7 Å². The number of amides is 2. The molecule has 3 heterocycles. The number of nitrogens with zero attached hydrogens (tertiary/aromatic N) is 6. The molecule has 4 rings (SSSR count). The highest BCUT2D eigenvalue weighted by Crippen LogP contribution is 2.25. The average Bonchev–Trinajstić information content (AvgIpc) is 3.26. The predicted octanol–water partition coefficient (Wildman–Crippen LogP) is 2.52. The van der Waals surface area contributed by atoms with Crippen LogP contribution < -0.4 is 0 Å². The van der Waals surface area contributed by atoms with Gasteiger partial charge < -0.3 is 14.4 Å². The van der Waals surface area contributed by atoms with Crippen molar-refractivity contribution in [2.45, 2.75) is 44.8 Å². The standard InChI is InChI=1S/C24H34N6O2S/c1-3-30-23(20-9-7-8-19(2)16-20)25-26-24(30)33-18-22(32)29-14-12-27(13-15-29)17-21(31)28-10-5-4-6-11-28/h7-9,16H,3-6,10-15,17-18H2,1-2H3. The molecule has 0 radical (unpaired) electrons. The number of benzene rings is 1. The molecule has 2 aliphatic rings. The van der Waals surface area contributed by atoms with Crippen molar-refractivity contribution in [3.63, 3.8) is 0 Å². The van der Waals surface area contributed by atoms with E-state index in [9.17, 15) is 9.59 Å². The van der Waals surface area contributed by atoms with Gasteiger partial charge in [0.05, 0.1) is 12.3 Å². The Labute approximate surface area is 200 Å². The first-order valence-electron chi connectivity index (χ1n) is 12.0. The molecule has 9 heteroatoms. The molecule has 0 spiro atoms. The SMILES string of the molecule is CCn1c(SCC(=O)N2CCN(CC(=O)N3CCCCC3)CC2)nnc1-c1cccc(C)c1. The number of hydrogen-bond donors (Lipinski definition) is 0. The van der Waals surface area contributed by atoms with Gasteiger partial charge in [-0.05, 0) is 39.2 Å². The van der Waals surface area contributed by atoms with E-state index in [-0.39, 0.29) is 11.8 Å². The Morgan fingerprint density at radius 1 is 0.939 bits per heavy atom. The summed E-state index contributed by atoms with van der Waals surface area (Å²) in [5.41, 5.74) is 2.22. The molecule has 2 fully saturated rings. The summed E-state index contributed by atoms with van der Waals surface area (Å²) in [6, 6.07) is 8.23. The summed E-state index contributed by atoms with van der Waals surface area (Å²) in [7, 11) is 0. The smallest absolute Gasteiger partial charge is 0.236 e. The maximum absolute atomic E-state index is 12.8. The van der Waals surface area contributed by atoms with Gasteiger partial charge in [0, 0.05) is 51.4 Å². The van der Waals surface area contributed by atoms with Gasteiger partial charge in [-0.15, -0.1) is 10.2 Å². The van der Waals surface area contributed by atoms with Gasteiger partial charge in [-0.25, -0.2) is 0 Å². The molecule has 2 saturated heterocycles. The second-order valence-electron chi connectivity index (χ2n) is 8.81. The molecule has 2 aromatic rings. The number of thioether (sulfide) groups is 1. The molecule has 0 saturated carbocycles. The van der Waals surface area contributed by atoms with Crippen molar-refractivity contribution in [3.8, 4) is 11.4 Å². The molecule has 1 aromatic carbocycles. The molecule has 33 heavy (non-hydrogen) atoms. The Hall–Kier alpha value is -2.39. The molecule has 2 amide bonds. The van der Waals surface area contributed by atoms with Crippen molar-refractivity contribution >= 4 is 23.6 Å². The minimum absolute atomic E-state index is 0.116. The number of carbonyl (C=O) groups excluding carboxylic acids is 2. The molecule has 2 aliphatic heterocycles. The van der Waals surface area contributed by atoms with Gasteiger partial charge in [0.1, 0.15) is 0 Å². The van der Waals surface area contributed by atoms with E-state index >= 15 is 0 Å². The van der Waals surface area contributed by atoms with Crippen LogP contribution in [-0.2, 0) is 16.1 Å². The predicted molar refractivity (Wildman–Crippen MR) is 130 cm³/mol. The minimum atomic E-state index is 0.116. The topological polar surface area (TPSA) is 74.6 Å². The highest BCUT2D eigenvalue weighted by atomic mass is 32.2. The molecular formula is C24H34N6O2S. The van der Waals surface area contributed by atoms with E-state index in [0.717, 1.165) is 62.1 Å². The first kappa shape index (κ1) is 23.8. The van der Waals surface area contributed by atoms with E-state index in [1.807, 2.05) is 21.9 Å². The molecule has 178 valence electrons. The van der Waals surface area contributed by atoms with Gasteiger partial charge >= 0.3 is 0 Å². The van der Waals surface area contributed by atoms with E-state index < -0.39 is 0 Å². The van der Waals surface area contributed by atoms with Crippen LogP contribution in [0.4, 0.5) is 0 Å². The van der Waals surface area contributed by atoms with Crippen LogP contribution in [-0.4, -0.2) is 92.8 Å². The largest absolute Gasteiger partial charge is 0.342 e. The molecule has 0 N–H and O–H groups in total. The zero-order valence-corrected chi connectivity index (χ0v) is 20.5. The average molecular weight is 471 g/mol. The molecule has 1 aromatic heterocycles. The molecular weight excluding hydrogens is 436 g/mol. The maximum Gasteiger partial charge on any atom is 0.236 e. The second kappa shape index (κ2) is 11.2. The quantitative estimate of drug-likeness (QED) is 0.579. The summed E-state index contributed by atoms with van der Waals surface area (Å²) in [5, 5.41) is 9.51. The Bertz CT molecular complexity index is 964. The zero-order chi connectivity index (χ0) is 23.2. The number of hydrogen-bond acceptors (Lipinski definition) is 6. The minimum Gasteiger partial charge on any atom is -0.342 e. The monoisotopic (exact) mass is 470 g/mol. The van der Waals surface area contributed by atoms with Gasteiger partial charge in [-0.3, -0.25) is 14.5 Å². The van der Waals surface area contributed by atoms with E-state index in [1.165, 1.54) is 23.7 Å². The third-order valence-electron chi connectivity index (χ3n) is 6.43. The van der Waals surface area contributed by atoms with Gasteiger partial charge in [-0.2, -0.15) is 0 Å². The third-order valence-corrected chi connectivity index (χ3v) is 7.38. The third kappa shape index (κ3) is 5.95. The first-order chi connectivity index (χ1) is 16.0. The van der Waals surface area contributed by atoms with Crippen LogP contribution in [0.3, 0.4) is 0 Å². The van der Waals surface area contributed by atoms with Gasteiger partial charge in [-0.1, -0.05) is 35.5 Å². The number of aryl methyl sites for hydroxylation is 1. The first-order valence-corrected chi connectivity index (χ1v) is 12.9. The summed E-state index contributed by atoms with van der Waals surface area (Å²) in [6.07, 6.45) is 3.46. The lowest BCUT2D eigenvalue weighted by Gasteiger charge is -2.36. The fourth-order valence-corrected chi connectivity index (χ4v) is 5.39. The van der Waals surface area contributed by atoms with Gasteiger partial charge in [0.15, 0.2) is 11.0 Å². The van der Waals surface area contributed by atoms with Gasteiger partial charge in [0.2, 0.25) is 11.8 Å². The lowest BCUT2D eigenvalue weighted by Crippen LogP contribution is -2.52. The van der Waals surface area contributed by atoms with Crippen molar-refractivity contribution in [1.82, 2.24) is 29.5 Å². The van der Waals surface area contributed by atoms with Crippen LogP contribution >= 0.6 is 11.8 Å². The van der Waals surface area contributed by atoms with Crippen molar-refractivity contribution in [2.75, 3.05) is 51.6 Å². The van der Waals surface area contributed by atoms with Crippen LogP contribution in [0, 0.1) is 6.92 Å². The fraction of sp³-hybridized carbons (Fsp3) is 0.583. The summed E-state index contributed by atoms with van der Waals surface area (Å²) < 4.78 is 2.07. The number of piperidine rings is 1. The fourth-order valence-electron chi connectivity index (χ4n) is 4.49. The van der Waals surface area contributed by atoms with Crippen LogP contribution in [0.5, 0.6) is 0 Å². The van der Waals surface area contributed by atoms with Crippen LogP contribution in [0.15, 0.2) is 29.4 Å². The lowest BCUT2D eigenvalue weighted by atomic mass is 10.1. The van der Waals surface area contributed by atoms with Crippen molar-refractivity contribution < 1.29 is 9.59 Å². The molecule has 8 nitrogen and oxygen atoms in total. The second-order valence-corrected chi connectivity index (χ2v) is 9.75. The lowest BCUT2D eigenvalue weighted by molar-refractivity contribution is -0.134.